The van der Waals surface area contributed by atoms with Gasteiger partial charge in [0.2, 0.25) is 0 Å². The molecule has 0 fully saturated rings. The number of nitro groups is 1. The largest absolute Gasteiger partial charge is 0.493 e. The first-order valence-corrected chi connectivity index (χ1v) is 8.60. The number of nitrogens with one attached hydrogen (secondary N) is 2. The molecule has 0 unspecified atom stereocenters. The highest BCUT2D eigenvalue weighted by Crippen LogP contribution is 2.27. The molecule has 0 amide bonds. The lowest BCUT2D eigenvalue weighted by atomic mass is 10.2. The summed E-state index contributed by atoms with van der Waals surface area (Å²) in [6.45, 7) is 2.60. The molecule has 2 aromatic rings. The van der Waals surface area contributed by atoms with Gasteiger partial charge in [0, 0.05) is 6.07 Å². The number of anilines is 1. The van der Waals surface area contributed by atoms with Crippen molar-refractivity contribution in [2.24, 2.45) is 5.10 Å². The molecule has 0 bridgehead atoms. The molecular weight excluding hydrogens is 368 g/mol. The molecule has 9 heteroatoms. The van der Waals surface area contributed by atoms with E-state index in [1.165, 1.54) is 6.07 Å². The van der Waals surface area contributed by atoms with Crippen LogP contribution in [-0.2, 0) is 0 Å². The maximum atomic E-state index is 11.0. The maximum Gasteiger partial charge on any atom is 0.292 e. The van der Waals surface area contributed by atoms with E-state index in [0.29, 0.717) is 18.1 Å². The zero-order chi connectivity index (χ0) is 19.6. The summed E-state index contributed by atoms with van der Waals surface area (Å²) < 4.78 is 10.9. The van der Waals surface area contributed by atoms with Crippen LogP contribution in [0.15, 0.2) is 47.6 Å². The molecule has 0 aliphatic carbocycles. The van der Waals surface area contributed by atoms with E-state index in [1.54, 1.807) is 43.7 Å². The number of ether oxygens (including phenoxy) is 2. The number of benzene rings is 2. The normalized spacial score (nSPS) is 10.4. The van der Waals surface area contributed by atoms with Gasteiger partial charge in [-0.2, -0.15) is 5.10 Å². The van der Waals surface area contributed by atoms with Crippen molar-refractivity contribution in [2.75, 3.05) is 19.0 Å². The Morgan fingerprint density at radius 2 is 2.07 bits per heavy atom. The molecule has 0 radical (unpaired) electrons. The lowest BCUT2D eigenvalue weighted by Gasteiger charge is -2.10. The fourth-order valence-corrected chi connectivity index (χ4v) is 2.32. The summed E-state index contributed by atoms with van der Waals surface area (Å²) in [5.74, 6) is 1.27. The van der Waals surface area contributed by atoms with Crippen LogP contribution in [0, 0.1) is 10.1 Å². The standard InChI is InChI=1S/C18H20N4O4S/c1-3-10-26-17-11-13(8-9-16(17)25-2)12-19-21-18(27)20-14-6-4-5-7-15(14)22(23)24/h4-9,11-12H,3,10H2,1-2H3,(H2,20,21,27)/b19-12-. The van der Waals surface area contributed by atoms with Crippen molar-refractivity contribution in [1.29, 1.82) is 0 Å². The van der Waals surface area contributed by atoms with Crippen LogP contribution in [0.4, 0.5) is 11.4 Å². The van der Waals surface area contributed by atoms with Gasteiger partial charge in [0.25, 0.3) is 5.69 Å². The highest BCUT2D eigenvalue weighted by atomic mass is 32.1. The number of hydrazone groups is 1. The number of para-hydroxylation sites is 2. The first-order valence-electron chi connectivity index (χ1n) is 8.19. The molecular formula is C18H20N4O4S. The van der Waals surface area contributed by atoms with E-state index in [1.807, 2.05) is 13.0 Å². The van der Waals surface area contributed by atoms with Crippen LogP contribution in [-0.4, -0.2) is 30.0 Å². The Hall–Kier alpha value is -3.20. The smallest absolute Gasteiger partial charge is 0.292 e. The number of hydrogen-bond acceptors (Lipinski definition) is 6. The van der Waals surface area contributed by atoms with Crippen molar-refractivity contribution in [3.8, 4) is 11.5 Å². The number of nitro benzene ring substituents is 1. The third-order valence-corrected chi connectivity index (χ3v) is 3.57. The zero-order valence-corrected chi connectivity index (χ0v) is 15.8. The van der Waals surface area contributed by atoms with Gasteiger partial charge in [-0.05, 0) is 48.5 Å². The molecule has 2 aromatic carbocycles. The lowest BCUT2D eigenvalue weighted by Crippen LogP contribution is -2.24. The van der Waals surface area contributed by atoms with Gasteiger partial charge in [-0.3, -0.25) is 15.5 Å². The molecule has 142 valence electrons. The fraction of sp³-hybridized carbons (Fsp3) is 0.222. The molecule has 2 N–H and O–H groups in total. The van der Waals surface area contributed by atoms with Crippen LogP contribution in [0.25, 0.3) is 0 Å². The third kappa shape index (κ3) is 5.93. The second kappa shape index (κ2) is 10.1. The molecule has 0 atom stereocenters. The van der Waals surface area contributed by atoms with Crippen LogP contribution < -0.4 is 20.2 Å². The van der Waals surface area contributed by atoms with Gasteiger partial charge in [0.15, 0.2) is 16.6 Å². The lowest BCUT2D eigenvalue weighted by molar-refractivity contribution is -0.383. The average Bonchev–Trinajstić information content (AvgIpc) is 2.66. The van der Waals surface area contributed by atoms with Crippen molar-refractivity contribution in [3.63, 3.8) is 0 Å². The first-order chi connectivity index (χ1) is 13.0. The van der Waals surface area contributed by atoms with Crippen LogP contribution >= 0.6 is 12.2 Å². The van der Waals surface area contributed by atoms with Crippen molar-refractivity contribution in [1.82, 2.24) is 5.43 Å². The summed E-state index contributed by atoms with van der Waals surface area (Å²) in [6.07, 6.45) is 2.44. The van der Waals surface area contributed by atoms with Gasteiger partial charge >= 0.3 is 0 Å². The summed E-state index contributed by atoms with van der Waals surface area (Å²) in [7, 11) is 1.58. The van der Waals surface area contributed by atoms with E-state index in [4.69, 9.17) is 21.7 Å². The Balaban J connectivity index is 2.01. The second-order valence-electron chi connectivity index (χ2n) is 5.36. The molecule has 8 nitrogen and oxygen atoms in total. The Bertz CT molecular complexity index is 842. The summed E-state index contributed by atoms with van der Waals surface area (Å²) in [5, 5.41) is 17.9. The minimum atomic E-state index is -0.483. The average molecular weight is 388 g/mol. The summed E-state index contributed by atoms with van der Waals surface area (Å²) >= 11 is 5.12. The highest BCUT2D eigenvalue weighted by molar-refractivity contribution is 7.80. The SMILES string of the molecule is CCCOc1cc(/C=N\NC(=S)Nc2ccccc2[N+](=O)[O-])ccc1OC. The van der Waals surface area contributed by atoms with Crippen molar-refractivity contribution in [3.05, 3.63) is 58.1 Å². The van der Waals surface area contributed by atoms with Crippen LogP contribution in [0.2, 0.25) is 0 Å². The Kier molecular flexibility index (Phi) is 7.50. The maximum absolute atomic E-state index is 11.0. The quantitative estimate of drug-likeness (QED) is 0.308. The first kappa shape index (κ1) is 20.1. The monoisotopic (exact) mass is 388 g/mol. The minimum absolute atomic E-state index is 0.0708. The minimum Gasteiger partial charge on any atom is -0.493 e. The number of rotatable bonds is 8. The number of nitrogens with zero attached hydrogens (tertiary/aromatic N) is 2. The summed E-state index contributed by atoms with van der Waals surface area (Å²) in [4.78, 5) is 10.5. The molecule has 27 heavy (non-hydrogen) atoms. The molecule has 0 aromatic heterocycles. The topological polar surface area (TPSA) is 98.0 Å². The third-order valence-electron chi connectivity index (χ3n) is 3.38. The molecule has 0 aliphatic rings. The van der Waals surface area contributed by atoms with E-state index < -0.39 is 4.92 Å². The van der Waals surface area contributed by atoms with Gasteiger partial charge in [-0.15, -0.1) is 0 Å². The number of methoxy groups -OCH3 is 1. The molecule has 0 saturated heterocycles. The Labute approximate surface area is 162 Å². The van der Waals surface area contributed by atoms with Crippen LogP contribution in [0.1, 0.15) is 18.9 Å². The van der Waals surface area contributed by atoms with Crippen LogP contribution in [0.3, 0.4) is 0 Å². The van der Waals surface area contributed by atoms with Crippen molar-refractivity contribution in [2.45, 2.75) is 13.3 Å². The van der Waals surface area contributed by atoms with Crippen molar-refractivity contribution < 1.29 is 14.4 Å². The van der Waals surface area contributed by atoms with E-state index >= 15 is 0 Å². The molecule has 0 spiro atoms. The van der Waals surface area contributed by atoms with E-state index in [2.05, 4.69) is 15.8 Å². The van der Waals surface area contributed by atoms with Crippen LogP contribution in [0.5, 0.6) is 11.5 Å². The summed E-state index contributed by atoms with van der Waals surface area (Å²) in [6, 6.07) is 11.6. The Morgan fingerprint density at radius 1 is 1.30 bits per heavy atom. The summed E-state index contributed by atoms with van der Waals surface area (Å²) in [5.41, 5.74) is 3.63. The highest BCUT2D eigenvalue weighted by Gasteiger charge is 2.12. The zero-order valence-electron chi connectivity index (χ0n) is 15.0. The van der Waals surface area contributed by atoms with Gasteiger partial charge in [-0.25, -0.2) is 0 Å². The fourth-order valence-electron chi connectivity index (χ4n) is 2.15. The van der Waals surface area contributed by atoms with Gasteiger partial charge < -0.3 is 14.8 Å². The molecule has 0 aliphatic heterocycles. The van der Waals surface area contributed by atoms with E-state index in [0.717, 1.165) is 12.0 Å². The molecule has 0 saturated carbocycles. The predicted molar refractivity (Wildman–Crippen MR) is 109 cm³/mol. The van der Waals surface area contributed by atoms with Gasteiger partial charge in [-0.1, -0.05) is 19.1 Å². The van der Waals surface area contributed by atoms with E-state index in [-0.39, 0.29) is 16.5 Å². The molecule has 0 heterocycles. The number of thiocarbonyl (C=S) groups is 1. The van der Waals surface area contributed by atoms with Gasteiger partial charge in [0.1, 0.15) is 5.69 Å². The van der Waals surface area contributed by atoms with Crippen molar-refractivity contribution >= 4 is 34.9 Å². The predicted octanol–water partition coefficient (Wildman–Crippen LogP) is 3.71. The van der Waals surface area contributed by atoms with Gasteiger partial charge in [0.05, 0.1) is 24.9 Å². The molecule has 2 rings (SSSR count). The second-order valence-corrected chi connectivity index (χ2v) is 5.77. The van der Waals surface area contributed by atoms with E-state index in [9.17, 15) is 10.1 Å². The number of hydrogen-bond donors (Lipinski definition) is 2. The Morgan fingerprint density at radius 3 is 2.78 bits per heavy atom.